The van der Waals surface area contributed by atoms with Gasteiger partial charge in [-0.25, -0.2) is 0 Å². The summed E-state index contributed by atoms with van der Waals surface area (Å²) in [5.74, 6) is 4.62. The highest BCUT2D eigenvalue weighted by Gasteiger charge is 2.14. The maximum Gasteiger partial charge on any atom is 0.141 e. The van der Waals surface area contributed by atoms with Gasteiger partial charge in [-0.15, -0.1) is 6.42 Å². The number of allylic oxidation sites excluding steroid dienone is 3. The Labute approximate surface area is 194 Å². The molecular weight excluding hydrogens is 398 g/mol. The van der Waals surface area contributed by atoms with Crippen LogP contribution in [0.4, 0.5) is 0 Å². The number of terminal acetylenes is 1. The summed E-state index contributed by atoms with van der Waals surface area (Å²) in [5, 5.41) is 1.86. The molecule has 1 aromatic carbocycles. The minimum atomic E-state index is 0.582. The lowest BCUT2D eigenvalue weighted by molar-refractivity contribution is -0.170. The van der Waals surface area contributed by atoms with Gasteiger partial charge in [0.2, 0.25) is 0 Å². The Morgan fingerprint density at radius 1 is 1.12 bits per heavy atom. The number of nitrogens with zero attached hydrogens (tertiary/aromatic N) is 5. The molecule has 0 bridgehead atoms. The summed E-state index contributed by atoms with van der Waals surface area (Å²) < 4.78 is 0. The molecule has 3 rings (SSSR count). The highest BCUT2D eigenvalue weighted by Crippen LogP contribution is 2.11. The summed E-state index contributed by atoms with van der Waals surface area (Å²) in [5.41, 5.74) is 2.37. The Morgan fingerprint density at radius 3 is 2.31 bits per heavy atom. The van der Waals surface area contributed by atoms with E-state index >= 15 is 0 Å². The first-order valence-electron chi connectivity index (χ1n) is 11.3. The largest absolute Gasteiger partial charge is 0.334 e. The van der Waals surface area contributed by atoms with Gasteiger partial charge in [0.15, 0.2) is 0 Å². The molecule has 2 heterocycles. The van der Waals surface area contributed by atoms with E-state index < -0.39 is 0 Å². The van der Waals surface area contributed by atoms with Gasteiger partial charge in [0, 0.05) is 32.4 Å². The third-order valence-electron chi connectivity index (χ3n) is 4.86. The lowest BCUT2D eigenvalue weighted by atomic mass is 10.2. The van der Waals surface area contributed by atoms with Crippen molar-refractivity contribution in [3.63, 3.8) is 0 Å². The second kappa shape index (κ2) is 15.9. The van der Waals surface area contributed by atoms with Gasteiger partial charge in [0.1, 0.15) is 12.6 Å². The molecule has 0 unspecified atom stereocenters. The van der Waals surface area contributed by atoms with Crippen molar-refractivity contribution in [2.45, 2.75) is 41.2 Å². The zero-order valence-corrected chi connectivity index (χ0v) is 20.6. The van der Waals surface area contributed by atoms with Gasteiger partial charge < -0.3 is 9.80 Å². The van der Waals surface area contributed by atoms with Crippen LogP contribution in [0.5, 0.6) is 0 Å². The molecule has 0 fully saturated rings. The van der Waals surface area contributed by atoms with Gasteiger partial charge in [-0.3, -0.25) is 14.8 Å². The molecule has 2 aliphatic heterocycles. The average molecular weight is 438 g/mol. The topological polar surface area (TPSA) is 43.7 Å². The van der Waals surface area contributed by atoms with Crippen molar-refractivity contribution in [1.29, 1.82) is 0 Å². The summed E-state index contributed by atoms with van der Waals surface area (Å²) in [6.45, 7) is 15.1. The first-order valence-corrected chi connectivity index (χ1v) is 11.3. The molecule has 6 nitrogen and oxygen atoms in total. The summed E-state index contributed by atoms with van der Waals surface area (Å²) in [6, 6.07) is 10.3. The molecule has 2 aliphatic rings. The van der Waals surface area contributed by atoms with Crippen molar-refractivity contribution in [2.24, 2.45) is 9.98 Å². The normalized spacial score (nSPS) is 15.6. The number of hydrogen-bond donors (Lipinski definition) is 0. The Balaban J connectivity index is 0.000000307. The number of amidine groups is 2. The van der Waals surface area contributed by atoms with Crippen LogP contribution in [0.2, 0.25) is 0 Å². The number of hydrogen-bond acceptors (Lipinski definition) is 6. The smallest absolute Gasteiger partial charge is 0.141 e. The molecule has 0 radical (unpaired) electrons. The number of rotatable bonds is 7. The van der Waals surface area contributed by atoms with Gasteiger partial charge in [0.05, 0.1) is 18.9 Å². The van der Waals surface area contributed by atoms with Crippen LogP contribution in [0.25, 0.3) is 0 Å². The average Bonchev–Trinajstić information content (AvgIpc) is 3.43. The lowest BCUT2D eigenvalue weighted by Gasteiger charge is -2.22. The molecule has 174 valence electrons. The van der Waals surface area contributed by atoms with Crippen molar-refractivity contribution in [2.75, 3.05) is 40.0 Å². The summed E-state index contributed by atoms with van der Waals surface area (Å²) in [7, 11) is 1.95. The maximum atomic E-state index is 5.68. The standard InChI is InChI=1S/C13H19N3O.C11H14N2.C2H6/c1-12-14-8-9-16(12)11-17-15(2)10-13-6-4-3-5-7-13;1-4-6-7-11(5-2)13-9-8-12-10(13)3;1-2/h3-7H,8-11H2,1-2H3;1,5-7H,8-9H2,2-3H3;1-2H3/b;7-6-,11-5+;. The Morgan fingerprint density at radius 2 is 1.78 bits per heavy atom. The minimum absolute atomic E-state index is 0.582. The number of aliphatic imine (C=N–C) groups is 2. The Bertz CT molecular complexity index is 820. The molecule has 0 N–H and O–H groups in total. The van der Waals surface area contributed by atoms with E-state index in [1.165, 1.54) is 5.56 Å². The molecule has 1 aromatic rings. The van der Waals surface area contributed by atoms with E-state index in [0.717, 1.165) is 50.1 Å². The van der Waals surface area contributed by atoms with E-state index in [1.807, 2.05) is 77.1 Å². The summed E-state index contributed by atoms with van der Waals surface area (Å²) in [6.07, 6.45) is 10.8. The molecule has 0 amide bonds. The van der Waals surface area contributed by atoms with Gasteiger partial charge in [-0.2, -0.15) is 5.06 Å². The van der Waals surface area contributed by atoms with E-state index in [1.54, 1.807) is 6.08 Å². The molecule has 0 atom stereocenters. The molecule has 0 aliphatic carbocycles. The second-order valence-electron chi connectivity index (χ2n) is 7.02. The van der Waals surface area contributed by atoms with E-state index in [-0.39, 0.29) is 0 Å². The van der Waals surface area contributed by atoms with E-state index in [4.69, 9.17) is 11.3 Å². The maximum absolute atomic E-state index is 5.68. The van der Waals surface area contributed by atoms with Crippen LogP contribution in [-0.4, -0.2) is 66.5 Å². The van der Waals surface area contributed by atoms with Gasteiger partial charge in [-0.05, 0) is 38.5 Å². The van der Waals surface area contributed by atoms with Crippen LogP contribution in [0, 0.1) is 12.3 Å². The SMILES string of the molecule is C#C/C=C\C(=C/C)N1CCN=C1C.CC.CC1=NCCN1CON(C)Cc1ccccc1. The Hall–Kier alpha value is -2.88. The van der Waals surface area contributed by atoms with E-state index in [2.05, 4.69) is 37.8 Å². The Kier molecular flexibility index (Phi) is 13.5. The predicted octanol–water partition coefficient (Wildman–Crippen LogP) is 4.58. The molecule has 0 spiro atoms. The second-order valence-corrected chi connectivity index (χ2v) is 7.02. The highest BCUT2D eigenvalue weighted by atomic mass is 16.7. The van der Waals surface area contributed by atoms with Crippen molar-refractivity contribution >= 4 is 11.7 Å². The van der Waals surface area contributed by atoms with Crippen LogP contribution in [0.3, 0.4) is 0 Å². The minimum Gasteiger partial charge on any atom is -0.334 e. The summed E-state index contributed by atoms with van der Waals surface area (Å²) >= 11 is 0. The van der Waals surface area contributed by atoms with Crippen molar-refractivity contribution in [1.82, 2.24) is 14.9 Å². The van der Waals surface area contributed by atoms with E-state index in [0.29, 0.717) is 6.73 Å². The number of hydroxylamine groups is 2. The molecule has 0 saturated heterocycles. The molecule has 0 aromatic heterocycles. The fourth-order valence-electron chi connectivity index (χ4n) is 3.16. The zero-order chi connectivity index (χ0) is 23.8. The van der Waals surface area contributed by atoms with Gasteiger partial charge in [0.25, 0.3) is 0 Å². The van der Waals surface area contributed by atoms with Crippen molar-refractivity contribution in [3.8, 4) is 12.3 Å². The van der Waals surface area contributed by atoms with Crippen LogP contribution in [0.1, 0.15) is 40.2 Å². The highest BCUT2D eigenvalue weighted by molar-refractivity contribution is 5.83. The third kappa shape index (κ3) is 9.51. The van der Waals surface area contributed by atoms with Crippen LogP contribution < -0.4 is 0 Å². The fourth-order valence-corrected chi connectivity index (χ4v) is 3.16. The first kappa shape index (κ1) is 27.2. The van der Waals surface area contributed by atoms with Crippen LogP contribution in [-0.2, 0) is 11.4 Å². The molecule has 32 heavy (non-hydrogen) atoms. The molecule has 0 saturated carbocycles. The monoisotopic (exact) mass is 437 g/mol. The van der Waals surface area contributed by atoms with Crippen LogP contribution >= 0.6 is 0 Å². The van der Waals surface area contributed by atoms with Crippen LogP contribution in [0.15, 0.2) is 64.2 Å². The van der Waals surface area contributed by atoms with Crippen molar-refractivity contribution < 1.29 is 4.84 Å². The summed E-state index contributed by atoms with van der Waals surface area (Å²) in [4.78, 5) is 18.6. The predicted molar refractivity (Wildman–Crippen MR) is 136 cm³/mol. The van der Waals surface area contributed by atoms with E-state index in [9.17, 15) is 0 Å². The molecule has 6 heteroatoms. The lowest BCUT2D eigenvalue weighted by Crippen LogP contribution is -2.32. The first-order chi connectivity index (χ1) is 15.5. The quantitative estimate of drug-likeness (QED) is 0.356. The molecular formula is C26H39N5O. The fraction of sp³-hybridized carbons (Fsp3) is 0.462. The number of benzene rings is 1. The van der Waals surface area contributed by atoms with Crippen molar-refractivity contribution in [3.05, 3.63) is 59.8 Å². The zero-order valence-electron chi connectivity index (χ0n) is 20.6. The van der Waals surface area contributed by atoms with Gasteiger partial charge in [-0.1, -0.05) is 56.2 Å². The van der Waals surface area contributed by atoms with Gasteiger partial charge >= 0.3 is 0 Å². The third-order valence-corrected chi connectivity index (χ3v) is 4.86.